The molecule has 10 nitrogen and oxygen atoms in total. The second-order valence-corrected chi connectivity index (χ2v) is 11.6. The van der Waals surface area contributed by atoms with E-state index in [0.717, 1.165) is 10.9 Å². The number of benzene rings is 1. The molecule has 0 fully saturated rings. The molecule has 2 aromatic rings. The minimum atomic E-state index is -4.87. The van der Waals surface area contributed by atoms with Crippen LogP contribution in [-0.4, -0.2) is 73.9 Å². The molecule has 0 saturated heterocycles. The number of aromatic nitrogens is 2. The number of hydrogen-bond acceptors (Lipinski definition) is 7. The van der Waals surface area contributed by atoms with Gasteiger partial charge in [0.1, 0.15) is 22.9 Å². The fourth-order valence-electron chi connectivity index (χ4n) is 4.21. The number of rotatable bonds is 13. The third kappa shape index (κ3) is 8.80. The zero-order chi connectivity index (χ0) is 31.5. The zero-order valence-corrected chi connectivity index (χ0v) is 23.1. The maximum atomic E-state index is 13.3. The van der Waals surface area contributed by atoms with E-state index in [0.29, 0.717) is 17.5 Å². The Balaban J connectivity index is 1.88. The molecule has 234 valence electrons. The lowest BCUT2D eigenvalue weighted by Crippen LogP contribution is -2.36. The van der Waals surface area contributed by atoms with Crippen molar-refractivity contribution in [3.63, 3.8) is 0 Å². The van der Waals surface area contributed by atoms with Gasteiger partial charge in [-0.1, -0.05) is 13.0 Å². The first-order valence-electron chi connectivity index (χ1n) is 12.4. The van der Waals surface area contributed by atoms with Gasteiger partial charge >= 0.3 is 18.7 Å². The molecular weight excluding hydrogens is 605 g/mol. The van der Waals surface area contributed by atoms with Gasteiger partial charge in [-0.3, -0.25) is 14.3 Å². The van der Waals surface area contributed by atoms with Crippen molar-refractivity contribution in [3.8, 4) is 5.75 Å². The quantitative estimate of drug-likeness (QED) is 0.255. The first-order chi connectivity index (χ1) is 19.4. The standard InChI is InChI=1S/C24H27F7N4O6S/c1-3-13-9-14(40-12-23(27,28)22(25)26)5-6-15(13)16-10-17-19(21(37)32-16)20(33-18(36)11-42(2,38)39)35(34-17)7-4-8-41-24(29,30)31/h5-6,9,16,22H,3-4,7-8,10-12H2,1-2H3,(H,32,37)(H,33,36)/t16-/m1/s1. The largest absolute Gasteiger partial charge is 0.522 e. The predicted molar refractivity (Wildman–Crippen MR) is 133 cm³/mol. The maximum absolute atomic E-state index is 13.3. The summed E-state index contributed by atoms with van der Waals surface area (Å²) in [6.45, 7) is -0.808. The average Bonchev–Trinajstić information content (AvgIpc) is 3.20. The molecule has 1 aliphatic rings. The first-order valence-corrected chi connectivity index (χ1v) is 14.5. The summed E-state index contributed by atoms with van der Waals surface area (Å²) in [5.41, 5.74) is 1.10. The number of anilines is 1. The number of fused-ring (bicyclic) bond motifs is 1. The van der Waals surface area contributed by atoms with Gasteiger partial charge in [0.15, 0.2) is 16.4 Å². The minimum absolute atomic E-state index is 0.0265. The van der Waals surface area contributed by atoms with Crippen LogP contribution in [0.2, 0.25) is 0 Å². The number of sulfone groups is 1. The highest BCUT2D eigenvalue weighted by molar-refractivity contribution is 7.91. The van der Waals surface area contributed by atoms with E-state index in [1.807, 2.05) is 0 Å². The number of hydrogen-bond donors (Lipinski definition) is 2. The Morgan fingerprint density at radius 3 is 2.52 bits per heavy atom. The smallest absolute Gasteiger partial charge is 0.487 e. The van der Waals surface area contributed by atoms with E-state index >= 15 is 0 Å². The molecule has 1 atom stereocenters. The lowest BCUT2D eigenvalue weighted by atomic mass is 9.91. The Morgan fingerprint density at radius 2 is 1.93 bits per heavy atom. The molecule has 0 unspecified atom stereocenters. The molecule has 1 aromatic heterocycles. The zero-order valence-electron chi connectivity index (χ0n) is 22.2. The molecule has 0 radical (unpaired) electrons. The Kier molecular flexibility index (Phi) is 10.1. The first kappa shape index (κ1) is 33.1. The van der Waals surface area contributed by atoms with Gasteiger partial charge in [0.05, 0.1) is 18.3 Å². The third-order valence-corrected chi connectivity index (χ3v) is 6.79. The van der Waals surface area contributed by atoms with Crippen LogP contribution in [0.5, 0.6) is 5.75 Å². The Hall–Kier alpha value is -3.41. The normalized spacial score (nSPS) is 15.9. The highest BCUT2D eigenvalue weighted by atomic mass is 32.2. The average molecular weight is 633 g/mol. The van der Waals surface area contributed by atoms with Gasteiger partial charge < -0.3 is 15.4 Å². The van der Waals surface area contributed by atoms with Gasteiger partial charge in [0.2, 0.25) is 5.91 Å². The maximum Gasteiger partial charge on any atom is 0.522 e. The molecule has 2 N–H and O–H groups in total. The van der Waals surface area contributed by atoms with Gasteiger partial charge in [-0.2, -0.15) is 13.9 Å². The molecule has 2 heterocycles. The Labute approximate surface area is 235 Å². The fraction of sp³-hybridized carbons (Fsp3) is 0.542. The van der Waals surface area contributed by atoms with E-state index in [-0.39, 0.29) is 42.2 Å². The van der Waals surface area contributed by atoms with E-state index in [1.165, 1.54) is 18.2 Å². The predicted octanol–water partition coefficient (Wildman–Crippen LogP) is 3.66. The summed E-state index contributed by atoms with van der Waals surface area (Å²) in [6, 6.07) is 3.38. The van der Waals surface area contributed by atoms with Crippen LogP contribution in [-0.2, 0) is 38.8 Å². The van der Waals surface area contributed by atoms with Crippen molar-refractivity contribution in [3.05, 3.63) is 40.6 Å². The monoisotopic (exact) mass is 632 g/mol. The van der Waals surface area contributed by atoms with Crippen molar-refractivity contribution in [2.45, 2.75) is 57.5 Å². The lowest BCUT2D eigenvalue weighted by Gasteiger charge is -2.26. The van der Waals surface area contributed by atoms with Crippen LogP contribution in [0.1, 0.15) is 46.6 Å². The van der Waals surface area contributed by atoms with Gasteiger partial charge in [-0.05, 0) is 36.1 Å². The van der Waals surface area contributed by atoms with Crippen LogP contribution >= 0.6 is 0 Å². The molecular formula is C24H27F7N4O6S. The van der Waals surface area contributed by atoms with Crippen LogP contribution < -0.4 is 15.4 Å². The summed E-state index contributed by atoms with van der Waals surface area (Å²) in [7, 11) is -3.76. The van der Waals surface area contributed by atoms with Crippen LogP contribution in [0.4, 0.5) is 36.6 Å². The van der Waals surface area contributed by atoms with Gasteiger partial charge in [-0.25, -0.2) is 21.9 Å². The number of alkyl halides is 7. The van der Waals surface area contributed by atoms with Gasteiger partial charge in [0, 0.05) is 19.2 Å². The van der Waals surface area contributed by atoms with Crippen molar-refractivity contribution in [2.75, 3.05) is 30.5 Å². The number of halogens is 7. The summed E-state index contributed by atoms with van der Waals surface area (Å²) in [5.74, 6) is -7.31. The SMILES string of the molecule is CCc1cc(OCC(F)(F)C(F)F)ccc1[C@H]1Cc2nn(CCCOC(F)(F)F)c(NC(=O)CS(C)(=O)=O)c2C(=O)N1. The minimum Gasteiger partial charge on any atom is -0.487 e. The summed E-state index contributed by atoms with van der Waals surface area (Å²) in [4.78, 5) is 25.5. The van der Waals surface area contributed by atoms with E-state index in [1.54, 1.807) is 6.92 Å². The molecule has 3 rings (SSSR count). The van der Waals surface area contributed by atoms with E-state index in [9.17, 15) is 48.7 Å². The molecule has 0 aliphatic carbocycles. The molecule has 1 aromatic carbocycles. The van der Waals surface area contributed by atoms with Crippen LogP contribution in [0.25, 0.3) is 0 Å². The van der Waals surface area contributed by atoms with Crippen molar-refractivity contribution in [1.82, 2.24) is 15.1 Å². The topological polar surface area (TPSA) is 129 Å². The second-order valence-electron chi connectivity index (χ2n) is 9.45. The number of nitrogens with zero attached hydrogens (tertiary/aromatic N) is 2. The highest BCUT2D eigenvalue weighted by Gasteiger charge is 2.42. The summed E-state index contributed by atoms with van der Waals surface area (Å²) in [5, 5.41) is 9.31. The highest BCUT2D eigenvalue weighted by Crippen LogP contribution is 2.34. The molecule has 0 spiro atoms. The van der Waals surface area contributed by atoms with Gasteiger partial charge in [0.25, 0.3) is 5.91 Å². The summed E-state index contributed by atoms with van der Waals surface area (Å²) >= 11 is 0. The van der Waals surface area contributed by atoms with Crippen LogP contribution in [0, 0.1) is 0 Å². The van der Waals surface area contributed by atoms with Crippen LogP contribution in [0.3, 0.4) is 0 Å². The summed E-state index contributed by atoms with van der Waals surface area (Å²) < 4.78 is 121. The number of amides is 2. The van der Waals surface area contributed by atoms with Crippen molar-refractivity contribution < 1.29 is 58.2 Å². The van der Waals surface area contributed by atoms with E-state index in [2.05, 4.69) is 20.5 Å². The molecule has 18 heteroatoms. The van der Waals surface area contributed by atoms with E-state index in [4.69, 9.17) is 4.74 Å². The molecule has 42 heavy (non-hydrogen) atoms. The number of nitrogens with one attached hydrogen (secondary N) is 2. The molecule has 0 saturated carbocycles. The second kappa shape index (κ2) is 12.8. The molecule has 0 bridgehead atoms. The van der Waals surface area contributed by atoms with Crippen LogP contribution in [0.15, 0.2) is 18.2 Å². The van der Waals surface area contributed by atoms with Crippen molar-refractivity contribution in [2.24, 2.45) is 0 Å². The number of ether oxygens (including phenoxy) is 2. The molecule has 1 aliphatic heterocycles. The number of carbonyl (C=O) groups is 2. The van der Waals surface area contributed by atoms with E-state index < -0.39 is 65.4 Å². The van der Waals surface area contributed by atoms with Crippen molar-refractivity contribution in [1.29, 1.82) is 0 Å². The van der Waals surface area contributed by atoms with Gasteiger partial charge in [-0.15, -0.1) is 13.2 Å². The Morgan fingerprint density at radius 1 is 1.24 bits per heavy atom. The number of aryl methyl sites for hydroxylation is 2. The summed E-state index contributed by atoms with van der Waals surface area (Å²) in [6.07, 6.45) is -7.84. The van der Waals surface area contributed by atoms with Crippen molar-refractivity contribution >= 4 is 27.5 Å². The third-order valence-electron chi connectivity index (χ3n) is 6.01. The lowest BCUT2D eigenvalue weighted by molar-refractivity contribution is -0.324. The molecule has 2 amide bonds. The Bertz CT molecular complexity index is 1410. The fourth-order valence-corrected chi connectivity index (χ4v) is 4.76. The number of carbonyl (C=O) groups excluding carboxylic acids is 2.